The maximum atomic E-state index is 13.1. The molecule has 0 radical (unpaired) electrons. The van der Waals surface area contributed by atoms with Crippen LogP contribution >= 0.6 is 11.8 Å². The molecule has 0 saturated carbocycles. The summed E-state index contributed by atoms with van der Waals surface area (Å²) in [6.07, 6.45) is 1.93. The molecule has 0 N–H and O–H groups in total. The van der Waals surface area contributed by atoms with Gasteiger partial charge in [-0.25, -0.2) is 4.99 Å². The fourth-order valence-electron chi connectivity index (χ4n) is 4.34. The predicted octanol–water partition coefficient (Wildman–Crippen LogP) is 7.66. The number of benzene rings is 4. The second kappa shape index (κ2) is 10.4. The number of aliphatic imine (C=N–C) groups is 1. The lowest BCUT2D eigenvalue weighted by Crippen LogP contribution is -2.28. The van der Waals surface area contributed by atoms with Gasteiger partial charge in [0.2, 0.25) is 0 Å². The highest BCUT2D eigenvalue weighted by molar-refractivity contribution is 8.18. The number of rotatable bonds is 6. The van der Waals surface area contributed by atoms with E-state index in [4.69, 9.17) is 9.73 Å². The highest BCUT2D eigenvalue weighted by atomic mass is 32.2. The zero-order valence-electron chi connectivity index (χ0n) is 20.7. The summed E-state index contributed by atoms with van der Waals surface area (Å²) in [4.78, 5) is 20.4. The van der Waals surface area contributed by atoms with E-state index in [1.807, 2.05) is 75.4 Å². The zero-order valence-corrected chi connectivity index (χ0v) is 21.5. The van der Waals surface area contributed by atoms with Crippen LogP contribution in [-0.4, -0.2) is 22.5 Å². The molecule has 1 aliphatic heterocycles. The molecule has 1 heterocycles. The normalized spacial score (nSPS) is 15.9. The third kappa shape index (κ3) is 4.93. The molecule has 0 aromatic heterocycles. The van der Waals surface area contributed by atoms with Crippen molar-refractivity contribution < 1.29 is 9.53 Å². The number of carbonyl (C=O) groups excluding carboxylic acids is 1. The van der Waals surface area contributed by atoms with Crippen molar-refractivity contribution in [1.82, 2.24) is 4.90 Å². The predicted molar refractivity (Wildman–Crippen MR) is 151 cm³/mol. The molecule has 1 aliphatic rings. The number of fused-ring (bicyclic) bond motifs is 1. The second-order valence-electron chi connectivity index (χ2n) is 8.79. The summed E-state index contributed by atoms with van der Waals surface area (Å²) < 4.78 is 6.07. The molecule has 0 spiro atoms. The minimum Gasteiger partial charge on any atom is -0.489 e. The number of likely N-dealkylation sites (N-methyl/N-ethyl adjacent to an activating group) is 1. The van der Waals surface area contributed by atoms with Gasteiger partial charge in [-0.2, -0.15) is 0 Å². The van der Waals surface area contributed by atoms with E-state index in [0.29, 0.717) is 18.1 Å². The standard InChI is InChI=1S/C31H28N2O2S/c1-4-33-30(34)28(36-31(33)32-29-21(2)9-7-10-22(29)3)19-23-15-17-26(18-16-23)35-20-25-13-8-12-24-11-5-6-14-27(24)25/h5-19H,4,20H2,1-3H3/b28-19+,32-31?. The summed E-state index contributed by atoms with van der Waals surface area (Å²) in [6.45, 7) is 7.15. The largest absolute Gasteiger partial charge is 0.489 e. The average Bonchev–Trinajstić information content (AvgIpc) is 3.19. The van der Waals surface area contributed by atoms with Gasteiger partial charge in [0.15, 0.2) is 5.17 Å². The minimum absolute atomic E-state index is 0.0104. The van der Waals surface area contributed by atoms with Crippen molar-refractivity contribution in [1.29, 1.82) is 0 Å². The maximum Gasteiger partial charge on any atom is 0.266 e. The number of ether oxygens (including phenoxy) is 1. The van der Waals surface area contributed by atoms with Crippen molar-refractivity contribution in [3.05, 3.63) is 112 Å². The zero-order chi connectivity index (χ0) is 25.1. The Bertz CT molecular complexity index is 1460. The van der Waals surface area contributed by atoms with Gasteiger partial charge < -0.3 is 4.74 Å². The van der Waals surface area contributed by atoms with E-state index in [1.165, 1.54) is 22.5 Å². The average molecular weight is 493 g/mol. The van der Waals surface area contributed by atoms with Gasteiger partial charge in [0.05, 0.1) is 10.6 Å². The third-order valence-electron chi connectivity index (χ3n) is 6.30. The monoisotopic (exact) mass is 492 g/mol. The molecular weight excluding hydrogens is 464 g/mol. The Hall–Kier alpha value is -3.83. The molecular formula is C31H28N2O2S. The van der Waals surface area contributed by atoms with Crippen LogP contribution in [0.15, 0.2) is 94.8 Å². The smallest absolute Gasteiger partial charge is 0.266 e. The topological polar surface area (TPSA) is 41.9 Å². The number of amidine groups is 1. The minimum atomic E-state index is -0.0104. The number of thioether (sulfide) groups is 1. The first-order valence-corrected chi connectivity index (χ1v) is 12.9. The molecule has 1 fully saturated rings. The number of para-hydroxylation sites is 1. The first-order chi connectivity index (χ1) is 17.5. The Morgan fingerprint density at radius 2 is 1.58 bits per heavy atom. The van der Waals surface area contributed by atoms with Crippen LogP contribution in [0.1, 0.15) is 29.2 Å². The van der Waals surface area contributed by atoms with Crippen molar-refractivity contribution in [2.75, 3.05) is 6.54 Å². The Kier molecular flexibility index (Phi) is 6.92. The van der Waals surface area contributed by atoms with E-state index in [-0.39, 0.29) is 5.91 Å². The van der Waals surface area contributed by atoms with E-state index in [9.17, 15) is 4.79 Å². The Labute approximate surface area is 216 Å². The number of aryl methyl sites for hydroxylation is 2. The van der Waals surface area contributed by atoms with Gasteiger partial charge in [0, 0.05) is 6.54 Å². The van der Waals surface area contributed by atoms with Gasteiger partial charge in [0.1, 0.15) is 12.4 Å². The van der Waals surface area contributed by atoms with Crippen molar-refractivity contribution in [2.45, 2.75) is 27.4 Å². The van der Waals surface area contributed by atoms with Crippen LogP contribution in [0.2, 0.25) is 0 Å². The Balaban J connectivity index is 1.32. The maximum absolute atomic E-state index is 13.1. The van der Waals surface area contributed by atoms with Gasteiger partial charge >= 0.3 is 0 Å². The van der Waals surface area contributed by atoms with Crippen molar-refractivity contribution >= 4 is 45.4 Å². The molecule has 4 aromatic rings. The van der Waals surface area contributed by atoms with Gasteiger partial charge in [0.25, 0.3) is 5.91 Å². The lowest BCUT2D eigenvalue weighted by Gasteiger charge is -2.13. The molecule has 1 amide bonds. The van der Waals surface area contributed by atoms with Crippen LogP contribution in [0, 0.1) is 13.8 Å². The summed E-state index contributed by atoms with van der Waals surface area (Å²) >= 11 is 1.43. The Morgan fingerprint density at radius 1 is 0.889 bits per heavy atom. The van der Waals surface area contributed by atoms with E-state index in [0.717, 1.165) is 38.9 Å². The van der Waals surface area contributed by atoms with Crippen LogP contribution in [0.25, 0.3) is 16.8 Å². The first-order valence-electron chi connectivity index (χ1n) is 12.1. The highest BCUT2D eigenvalue weighted by Gasteiger charge is 2.32. The molecule has 0 unspecified atom stereocenters. The van der Waals surface area contributed by atoms with Gasteiger partial charge in [-0.1, -0.05) is 72.8 Å². The lowest BCUT2D eigenvalue weighted by molar-refractivity contribution is -0.122. The number of nitrogens with zero attached hydrogens (tertiary/aromatic N) is 2. The van der Waals surface area contributed by atoms with E-state index >= 15 is 0 Å². The molecule has 1 saturated heterocycles. The molecule has 0 atom stereocenters. The molecule has 36 heavy (non-hydrogen) atoms. The first kappa shape index (κ1) is 23.9. The second-order valence-corrected chi connectivity index (χ2v) is 9.80. The molecule has 0 aliphatic carbocycles. The molecule has 5 heteroatoms. The summed E-state index contributed by atoms with van der Waals surface area (Å²) in [7, 11) is 0. The summed E-state index contributed by atoms with van der Waals surface area (Å²) in [5, 5.41) is 3.14. The van der Waals surface area contributed by atoms with Gasteiger partial charge in [-0.05, 0) is 83.8 Å². The van der Waals surface area contributed by atoms with E-state index in [1.54, 1.807) is 4.90 Å². The quantitative estimate of drug-likeness (QED) is 0.260. The van der Waals surface area contributed by atoms with Crippen LogP contribution in [0.3, 0.4) is 0 Å². The van der Waals surface area contributed by atoms with Crippen LogP contribution < -0.4 is 4.74 Å². The molecule has 0 bridgehead atoms. The summed E-state index contributed by atoms with van der Waals surface area (Å²) in [5.41, 5.74) is 5.24. The lowest BCUT2D eigenvalue weighted by atomic mass is 10.1. The van der Waals surface area contributed by atoms with Gasteiger partial charge in [-0.3, -0.25) is 9.69 Å². The fraction of sp³-hybridized carbons (Fsp3) is 0.161. The van der Waals surface area contributed by atoms with Crippen molar-refractivity contribution in [2.24, 2.45) is 4.99 Å². The van der Waals surface area contributed by atoms with E-state index in [2.05, 4.69) is 36.4 Å². The summed E-state index contributed by atoms with van der Waals surface area (Å²) in [5.74, 6) is 0.784. The molecule has 180 valence electrons. The number of amides is 1. The third-order valence-corrected chi connectivity index (χ3v) is 7.31. The van der Waals surface area contributed by atoms with E-state index < -0.39 is 0 Å². The SMILES string of the molecule is CCN1C(=O)/C(=C\c2ccc(OCc3cccc4ccccc34)cc2)SC1=Nc1c(C)cccc1C. The Morgan fingerprint density at radius 3 is 2.33 bits per heavy atom. The van der Waals surface area contributed by atoms with Crippen LogP contribution in [-0.2, 0) is 11.4 Å². The van der Waals surface area contributed by atoms with Crippen molar-refractivity contribution in [3.63, 3.8) is 0 Å². The highest BCUT2D eigenvalue weighted by Crippen LogP contribution is 2.35. The number of hydrogen-bond acceptors (Lipinski definition) is 4. The molecule has 4 aromatic carbocycles. The van der Waals surface area contributed by atoms with Crippen molar-refractivity contribution in [3.8, 4) is 5.75 Å². The summed E-state index contributed by atoms with van der Waals surface area (Å²) in [6, 6.07) is 28.6. The number of hydrogen-bond donors (Lipinski definition) is 0. The fourth-order valence-corrected chi connectivity index (χ4v) is 5.39. The molecule has 4 nitrogen and oxygen atoms in total. The number of carbonyl (C=O) groups is 1. The molecule has 5 rings (SSSR count). The van der Waals surface area contributed by atoms with Gasteiger partial charge in [-0.15, -0.1) is 0 Å². The van der Waals surface area contributed by atoms with Crippen LogP contribution in [0.5, 0.6) is 5.75 Å². The van der Waals surface area contributed by atoms with Crippen LogP contribution in [0.4, 0.5) is 5.69 Å².